The maximum atomic E-state index is 5.81. The van der Waals surface area contributed by atoms with Gasteiger partial charge < -0.3 is 4.74 Å². The monoisotopic (exact) mass is 396 g/mol. The fraction of sp³-hybridized carbons (Fsp3) is 1.00. The molecule has 0 radical (unpaired) electrons. The molecule has 0 spiro atoms. The van der Waals surface area contributed by atoms with Crippen LogP contribution in [0, 0.1) is 0 Å². The van der Waals surface area contributed by atoms with E-state index in [4.69, 9.17) is 4.74 Å². The molecule has 0 amide bonds. The molecule has 0 fully saturated rings. The summed E-state index contributed by atoms with van der Waals surface area (Å²) in [6, 6.07) is 0. The molecule has 0 heterocycles. The lowest BCUT2D eigenvalue weighted by molar-refractivity contribution is 0.125. The second-order valence-corrected chi connectivity index (χ2v) is 9.04. The van der Waals surface area contributed by atoms with Gasteiger partial charge in [0, 0.05) is 13.2 Å². The highest BCUT2D eigenvalue weighted by Gasteiger charge is 1.95. The SMILES string of the molecule is CCCCCCCCCCCCCCOCCCCCCCCCCCCC. The number of rotatable bonds is 25. The van der Waals surface area contributed by atoms with Crippen molar-refractivity contribution in [2.45, 2.75) is 162 Å². The number of ether oxygens (including phenoxy) is 1. The molecule has 0 aliphatic rings. The first kappa shape index (κ1) is 28.0. The van der Waals surface area contributed by atoms with Crippen molar-refractivity contribution in [1.29, 1.82) is 0 Å². The number of hydrogen-bond acceptors (Lipinski definition) is 1. The zero-order valence-corrected chi connectivity index (χ0v) is 20.1. The summed E-state index contributed by atoms with van der Waals surface area (Å²) >= 11 is 0. The predicted molar refractivity (Wildman–Crippen MR) is 128 cm³/mol. The second-order valence-electron chi connectivity index (χ2n) is 9.04. The van der Waals surface area contributed by atoms with Crippen molar-refractivity contribution in [2.75, 3.05) is 13.2 Å². The normalized spacial score (nSPS) is 11.4. The third kappa shape index (κ3) is 26.0. The average Bonchev–Trinajstić information content (AvgIpc) is 2.71. The summed E-state index contributed by atoms with van der Waals surface area (Å²) < 4.78 is 5.81. The molecule has 0 bridgehead atoms. The average molecular weight is 397 g/mol. The molecule has 0 aliphatic carbocycles. The van der Waals surface area contributed by atoms with Crippen LogP contribution in [0.25, 0.3) is 0 Å². The summed E-state index contributed by atoms with van der Waals surface area (Å²) in [4.78, 5) is 0. The van der Waals surface area contributed by atoms with E-state index in [0.717, 1.165) is 13.2 Å². The Morgan fingerprint density at radius 2 is 0.500 bits per heavy atom. The predicted octanol–water partition coefficient (Wildman–Crippen LogP) is 10.0. The Bertz CT molecular complexity index is 225. The molecular formula is C27H56O. The minimum absolute atomic E-state index is 0.995. The Balaban J connectivity index is 2.96. The van der Waals surface area contributed by atoms with E-state index in [1.165, 1.54) is 148 Å². The lowest BCUT2D eigenvalue weighted by Gasteiger charge is -2.05. The second kappa shape index (κ2) is 27.0. The molecule has 1 nitrogen and oxygen atoms in total. The smallest absolute Gasteiger partial charge is 0.0466 e. The van der Waals surface area contributed by atoms with Crippen molar-refractivity contribution in [3.63, 3.8) is 0 Å². The fourth-order valence-corrected chi connectivity index (χ4v) is 4.02. The highest BCUT2D eigenvalue weighted by atomic mass is 16.5. The Hall–Kier alpha value is -0.0400. The van der Waals surface area contributed by atoms with Crippen LogP contribution in [0.2, 0.25) is 0 Å². The van der Waals surface area contributed by atoms with Gasteiger partial charge >= 0.3 is 0 Å². The van der Waals surface area contributed by atoms with Gasteiger partial charge in [0.15, 0.2) is 0 Å². The minimum atomic E-state index is 0.995. The van der Waals surface area contributed by atoms with E-state index < -0.39 is 0 Å². The Morgan fingerprint density at radius 1 is 0.286 bits per heavy atom. The van der Waals surface area contributed by atoms with Crippen molar-refractivity contribution in [3.8, 4) is 0 Å². The largest absolute Gasteiger partial charge is 0.381 e. The first-order valence-electron chi connectivity index (χ1n) is 13.5. The summed E-state index contributed by atoms with van der Waals surface area (Å²) in [6.45, 7) is 6.58. The highest BCUT2D eigenvalue weighted by Crippen LogP contribution is 2.13. The summed E-state index contributed by atoms with van der Waals surface area (Å²) in [7, 11) is 0. The van der Waals surface area contributed by atoms with E-state index >= 15 is 0 Å². The van der Waals surface area contributed by atoms with E-state index in [1.807, 2.05) is 0 Å². The standard InChI is InChI=1S/C27H56O/c1-3-5-7-9-11-13-15-17-19-21-23-25-27-28-26-24-22-20-18-16-14-12-10-8-6-4-2/h3-27H2,1-2H3. The van der Waals surface area contributed by atoms with Gasteiger partial charge in [0.1, 0.15) is 0 Å². The van der Waals surface area contributed by atoms with E-state index in [2.05, 4.69) is 13.8 Å². The van der Waals surface area contributed by atoms with Gasteiger partial charge in [0.2, 0.25) is 0 Å². The highest BCUT2D eigenvalue weighted by molar-refractivity contribution is 4.50. The molecule has 0 saturated carbocycles. The Labute approximate surface area is 179 Å². The first-order valence-corrected chi connectivity index (χ1v) is 13.5. The van der Waals surface area contributed by atoms with Crippen LogP contribution in [-0.4, -0.2) is 13.2 Å². The molecule has 0 aromatic carbocycles. The Morgan fingerprint density at radius 3 is 0.750 bits per heavy atom. The van der Waals surface area contributed by atoms with Gasteiger partial charge in [-0.15, -0.1) is 0 Å². The zero-order valence-electron chi connectivity index (χ0n) is 20.1. The van der Waals surface area contributed by atoms with Crippen LogP contribution < -0.4 is 0 Å². The van der Waals surface area contributed by atoms with Crippen molar-refractivity contribution in [1.82, 2.24) is 0 Å². The van der Waals surface area contributed by atoms with Crippen LogP contribution in [0.1, 0.15) is 162 Å². The molecule has 0 rings (SSSR count). The van der Waals surface area contributed by atoms with Gasteiger partial charge in [0.25, 0.3) is 0 Å². The van der Waals surface area contributed by atoms with Gasteiger partial charge in [0.05, 0.1) is 0 Å². The molecule has 0 aliphatic heterocycles. The number of unbranched alkanes of at least 4 members (excludes halogenated alkanes) is 21. The van der Waals surface area contributed by atoms with Gasteiger partial charge in [-0.3, -0.25) is 0 Å². The van der Waals surface area contributed by atoms with Gasteiger partial charge in [-0.1, -0.05) is 149 Å². The van der Waals surface area contributed by atoms with Gasteiger partial charge in [-0.25, -0.2) is 0 Å². The lowest BCUT2D eigenvalue weighted by atomic mass is 10.1. The number of hydrogen-bond donors (Lipinski definition) is 0. The van der Waals surface area contributed by atoms with Crippen LogP contribution in [0.3, 0.4) is 0 Å². The van der Waals surface area contributed by atoms with Crippen LogP contribution >= 0.6 is 0 Å². The molecule has 0 aromatic heterocycles. The van der Waals surface area contributed by atoms with E-state index in [9.17, 15) is 0 Å². The molecule has 0 N–H and O–H groups in total. The first-order chi connectivity index (χ1) is 13.9. The molecule has 1 heteroatoms. The summed E-state index contributed by atoms with van der Waals surface area (Å²) in [5, 5.41) is 0. The van der Waals surface area contributed by atoms with Crippen LogP contribution in [0.4, 0.5) is 0 Å². The third-order valence-electron chi connectivity index (χ3n) is 6.03. The molecule has 0 saturated heterocycles. The van der Waals surface area contributed by atoms with Crippen LogP contribution in [0.15, 0.2) is 0 Å². The van der Waals surface area contributed by atoms with Crippen molar-refractivity contribution >= 4 is 0 Å². The molecule has 0 unspecified atom stereocenters. The summed E-state index contributed by atoms with van der Waals surface area (Å²) in [6.07, 6.45) is 32.6. The van der Waals surface area contributed by atoms with Crippen molar-refractivity contribution in [2.24, 2.45) is 0 Å². The zero-order chi connectivity index (χ0) is 20.4. The van der Waals surface area contributed by atoms with Crippen LogP contribution in [0.5, 0.6) is 0 Å². The van der Waals surface area contributed by atoms with Gasteiger partial charge in [-0.2, -0.15) is 0 Å². The summed E-state index contributed by atoms with van der Waals surface area (Å²) in [5.41, 5.74) is 0. The maximum Gasteiger partial charge on any atom is 0.0466 e. The van der Waals surface area contributed by atoms with Crippen molar-refractivity contribution in [3.05, 3.63) is 0 Å². The fourth-order valence-electron chi connectivity index (χ4n) is 4.02. The molecule has 0 aromatic rings. The molecule has 0 atom stereocenters. The topological polar surface area (TPSA) is 9.23 Å². The maximum absolute atomic E-state index is 5.81. The minimum Gasteiger partial charge on any atom is -0.381 e. The van der Waals surface area contributed by atoms with Crippen LogP contribution in [-0.2, 0) is 4.74 Å². The van der Waals surface area contributed by atoms with E-state index in [-0.39, 0.29) is 0 Å². The van der Waals surface area contributed by atoms with E-state index in [0.29, 0.717) is 0 Å². The Kier molecular flexibility index (Phi) is 26.9. The van der Waals surface area contributed by atoms with Crippen molar-refractivity contribution < 1.29 is 4.74 Å². The van der Waals surface area contributed by atoms with E-state index in [1.54, 1.807) is 0 Å². The lowest BCUT2D eigenvalue weighted by Crippen LogP contribution is -1.97. The molecular weight excluding hydrogens is 340 g/mol. The van der Waals surface area contributed by atoms with Gasteiger partial charge in [-0.05, 0) is 12.8 Å². The molecule has 28 heavy (non-hydrogen) atoms. The third-order valence-corrected chi connectivity index (χ3v) is 6.03. The quantitative estimate of drug-likeness (QED) is 0.139. The molecule has 170 valence electrons. The summed E-state index contributed by atoms with van der Waals surface area (Å²) in [5.74, 6) is 0.